The molecule has 0 bridgehead atoms. The van der Waals surface area contributed by atoms with Crippen LogP contribution in [0.1, 0.15) is 21.7 Å². The molecule has 1 N–H and O–H groups in total. The molecule has 0 aliphatic heterocycles. The van der Waals surface area contributed by atoms with Crippen LogP contribution in [-0.4, -0.2) is 21.0 Å². The molecule has 3 rings (SSSR count). The highest BCUT2D eigenvalue weighted by Crippen LogP contribution is 2.34. The molecule has 0 saturated heterocycles. The van der Waals surface area contributed by atoms with Crippen LogP contribution in [0, 0.1) is 6.92 Å². The van der Waals surface area contributed by atoms with Gasteiger partial charge in [0.2, 0.25) is 5.78 Å². The fraction of sp³-hybridized carbons (Fsp3) is 0.100. The minimum atomic E-state index is -0.0261. The van der Waals surface area contributed by atoms with Crippen LogP contribution in [0.5, 0.6) is 0 Å². The Morgan fingerprint density at radius 3 is 3.07 bits per heavy atom. The van der Waals surface area contributed by atoms with E-state index in [-0.39, 0.29) is 5.78 Å². The van der Waals surface area contributed by atoms with Crippen molar-refractivity contribution in [2.75, 3.05) is 0 Å². The lowest BCUT2D eigenvalue weighted by atomic mass is 10.2. The van der Waals surface area contributed by atoms with E-state index in [1.165, 1.54) is 0 Å². The summed E-state index contributed by atoms with van der Waals surface area (Å²) in [6.07, 6.45) is 1.63. The number of pyridine rings is 1. The van der Waals surface area contributed by atoms with Crippen molar-refractivity contribution in [3.8, 4) is 11.3 Å². The number of fused-ring (bicyclic) bond motifs is 3. The van der Waals surface area contributed by atoms with Gasteiger partial charge in [-0.1, -0.05) is 0 Å². The number of carbonyl (C=O) groups excluding carboxylic acids is 1. The first-order valence-electron chi connectivity index (χ1n) is 4.34. The minimum Gasteiger partial charge on any atom is -0.287 e. The average Bonchev–Trinajstić information content (AvgIpc) is 2.70. The molecular weight excluding hydrogens is 178 g/mol. The SMILES string of the molecule is Cc1[nH]nc2c1C(=O)c1ncccc1-2. The normalized spacial score (nSPS) is 12.8. The largest absolute Gasteiger partial charge is 0.287 e. The number of aryl methyl sites for hydroxylation is 1. The molecule has 2 heterocycles. The van der Waals surface area contributed by atoms with Crippen LogP contribution in [0.25, 0.3) is 11.3 Å². The third-order valence-corrected chi connectivity index (χ3v) is 2.45. The number of ketones is 1. The lowest BCUT2D eigenvalue weighted by Gasteiger charge is -1.93. The maximum atomic E-state index is 11.8. The monoisotopic (exact) mass is 185 g/mol. The lowest BCUT2D eigenvalue weighted by molar-refractivity contribution is 0.103. The highest BCUT2D eigenvalue weighted by molar-refractivity contribution is 6.20. The summed E-state index contributed by atoms with van der Waals surface area (Å²) >= 11 is 0. The van der Waals surface area contributed by atoms with Crippen LogP contribution >= 0.6 is 0 Å². The number of hydrogen-bond acceptors (Lipinski definition) is 3. The van der Waals surface area contributed by atoms with Crippen LogP contribution in [0.2, 0.25) is 0 Å². The molecule has 14 heavy (non-hydrogen) atoms. The zero-order valence-electron chi connectivity index (χ0n) is 7.53. The molecule has 0 atom stereocenters. The molecule has 1 aliphatic rings. The Hall–Kier alpha value is -1.97. The molecule has 0 amide bonds. The number of nitrogens with one attached hydrogen (secondary N) is 1. The number of hydrogen-bond donors (Lipinski definition) is 1. The number of carbonyl (C=O) groups is 1. The van der Waals surface area contributed by atoms with Gasteiger partial charge in [-0.25, -0.2) is 0 Å². The van der Waals surface area contributed by atoms with Crippen molar-refractivity contribution in [3.05, 3.63) is 35.3 Å². The maximum absolute atomic E-state index is 11.8. The predicted octanol–water partition coefficient (Wildman–Crippen LogP) is 1.32. The van der Waals surface area contributed by atoms with Gasteiger partial charge in [-0.3, -0.25) is 14.9 Å². The van der Waals surface area contributed by atoms with Gasteiger partial charge in [0, 0.05) is 17.5 Å². The van der Waals surface area contributed by atoms with E-state index < -0.39 is 0 Å². The average molecular weight is 185 g/mol. The molecule has 4 heteroatoms. The Morgan fingerprint density at radius 1 is 1.36 bits per heavy atom. The summed E-state index contributed by atoms with van der Waals surface area (Å²) in [5.41, 5.74) is 3.55. The Labute approximate surface area is 80.0 Å². The molecule has 0 fully saturated rings. The van der Waals surface area contributed by atoms with Crippen LogP contribution in [0.4, 0.5) is 0 Å². The van der Waals surface area contributed by atoms with Crippen molar-refractivity contribution in [2.45, 2.75) is 6.92 Å². The molecule has 2 aromatic rings. The van der Waals surface area contributed by atoms with Gasteiger partial charge in [0.25, 0.3) is 0 Å². The zero-order chi connectivity index (χ0) is 9.71. The van der Waals surface area contributed by atoms with Crippen LogP contribution in [0.15, 0.2) is 18.3 Å². The van der Waals surface area contributed by atoms with E-state index >= 15 is 0 Å². The molecule has 0 spiro atoms. The van der Waals surface area contributed by atoms with E-state index in [1.807, 2.05) is 19.1 Å². The predicted molar refractivity (Wildman–Crippen MR) is 50.0 cm³/mol. The Kier molecular flexibility index (Phi) is 1.21. The van der Waals surface area contributed by atoms with Gasteiger partial charge in [0.1, 0.15) is 11.4 Å². The van der Waals surface area contributed by atoms with Crippen LogP contribution in [0.3, 0.4) is 0 Å². The van der Waals surface area contributed by atoms with Gasteiger partial charge in [-0.05, 0) is 19.1 Å². The first-order chi connectivity index (χ1) is 6.79. The quantitative estimate of drug-likeness (QED) is 0.574. The van der Waals surface area contributed by atoms with E-state index in [9.17, 15) is 4.79 Å². The summed E-state index contributed by atoms with van der Waals surface area (Å²) < 4.78 is 0. The van der Waals surface area contributed by atoms with Gasteiger partial charge < -0.3 is 0 Å². The van der Waals surface area contributed by atoms with Crippen LogP contribution in [-0.2, 0) is 0 Å². The van der Waals surface area contributed by atoms with E-state index in [0.29, 0.717) is 11.3 Å². The molecule has 0 unspecified atom stereocenters. The van der Waals surface area contributed by atoms with Crippen LogP contribution < -0.4 is 0 Å². The summed E-state index contributed by atoms with van der Waals surface area (Å²) in [5.74, 6) is -0.0261. The van der Waals surface area contributed by atoms with Gasteiger partial charge in [-0.15, -0.1) is 0 Å². The minimum absolute atomic E-state index is 0.0261. The third-order valence-electron chi connectivity index (χ3n) is 2.45. The zero-order valence-corrected chi connectivity index (χ0v) is 7.53. The summed E-state index contributed by atoms with van der Waals surface area (Å²) in [7, 11) is 0. The fourth-order valence-electron chi connectivity index (χ4n) is 1.80. The smallest absolute Gasteiger partial charge is 0.216 e. The second-order valence-electron chi connectivity index (χ2n) is 3.30. The summed E-state index contributed by atoms with van der Waals surface area (Å²) in [6.45, 7) is 1.84. The van der Waals surface area contributed by atoms with E-state index in [4.69, 9.17) is 0 Å². The van der Waals surface area contributed by atoms with Gasteiger partial charge in [0.15, 0.2) is 0 Å². The number of aromatic nitrogens is 3. The van der Waals surface area contributed by atoms with Gasteiger partial charge in [-0.2, -0.15) is 5.10 Å². The van der Waals surface area contributed by atoms with Gasteiger partial charge in [0.05, 0.1) is 5.56 Å². The number of H-pyrrole nitrogens is 1. The highest BCUT2D eigenvalue weighted by atomic mass is 16.1. The van der Waals surface area contributed by atoms with E-state index in [2.05, 4.69) is 15.2 Å². The van der Waals surface area contributed by atoms with Crippen molar-refractivity contribution in [1.29, 1.82) is 0 Å². The highest BCUT2D eigenvalue weighted by Gasteiger charge is 2.31. The number of nitrogens with zero attached hydrogens (tertiary/aromatic N) is 2. The topological polar surface area (TPSA) is 58.6 Å². The fourth-order valence-corrected chi connectivity index (χ4v) is 1.80. The second kappa shape index (κ2) is 2.29. The standard InChI is InChI=1S/C10H7N3O/c1-5-7-8(13-12-5)6-3-2-4-11-9(6)10(7)14/h2-4H,1H3,(H,12,13). The Balaban J connectivity index is 2.42. The Bertz CT molecular complexity index is 542. The Morgan fingerprint density at radius 2 is 2.21 bits per heavy atom. The summed E-state index contributed by atoms with van der Waals surface area (Å²) in [5, 5.41) is 6.91. The molecular formula is C10H7N3O. The molecule has 0 aromatic carbocycles. The van der Waals surface area contributed by atoms with E-state index in [0.717, 1.165) is 17.0 Å². The van der Waals surface area contributed by atoms with Gasteiger partial charge >= 0.3 is 0 Å². The summed E-state index contributed by atoms with van der Waals surface area (Å²) in [6, 6.07) is 3.68. The second-order valence-corrected chi connectivity index (χ2v) is 3.30. The van der Waals surface area contributed by atoms with Crippen molar-refractivity contribution >= 4 is 5.78 Å². The maximum Gasteiger partial charge on any atom is 0.216 e. The molecule has 0 radical (unpaired) electrons. The molecule has 1 aliphatic carbocycles. The van der Waals surface area contributed by atoms with Crippen molar-refractivity contribution in [3.63, 3.8) is 0 Å². The number of rotatable bonds is 0. The van der Waals surface area contributed by atoms with E-state index in [1.54, 1.807) is 6.20 Å². The first-order valence-corrected chi connectivity index (χ1v) is 4.34. The van der Waals surface area contributed by atoms with Crippen molar-refractivity contribution in [2.24, 2.45) is 0 Å². The van der Waals surface area contributed by atoms with Crippen molar-refractivity contribution < 1.29 is 4.79 Å². The molecule has 68 valence electrons. The van der Waals surface area contributed by atoms with Crippen molar-refractivity contribution in [1.82, 2.24) is 15.2 Å². The molecule has 0 saturated carbocycles. The molecule has 2 aromatic heterocycles. The first kappa shape index (κ1) is 7.44. The molecule has 4 nitrogen and oxygen atoms in total. The summed E-state index contributed by atoms with van der Waals surface area (Å²) in [4.78, 5) is 15.9. The third kappa shape index (κ3) is 0.706. The number of aromatic amines is 1. The lowest BCUT2D eigenvalue weighted by Crippen LogP contribution is -1.99.